The predicted molar refractivity (Wildman–Crippen MR) is 47.9 cm³/mol. The van der Waals surface area contributed by atoms with E-state index < -0.39 is 19.3 Å². The van der Waals surface area contributed by atoms with Crippen molar-refractivity contribution in [2.45, 2.75) is 0 Å². The molecule has 0 bridgehead atoms. The average molecular weight is 241 g/mol. The number of nitrogens with one attached hydrogen (secondary N) is 1. The molecule has 0 saturated carbocycles. The second-order valence-electron chi connectivity index (χ2n) is 2.79. The number of rotatable bonds is 3. The van der Waals surface area contributed by atoms with E-state index in [1.807, 2.05) is 0 Å². The fourth-order valence-electron chi connectivity index (χ4n) is 0.900. The number of hydrogen-bond acceptors (Lipinski definition) is 1. The molecule has 1 aromatic rings. The van der Waals surface area contributed by atoms with Gasteiger partial charge in [0.25, 0.3) is 0 Å². The monoisotopic (exact) mass is 241 g/mol. The zero-order chi connectivity index (χ0) is 10.6. The van der Waals surface area contributed by atoms with Gasteiger partial charge in [0.2, 0.25) is 5.91 Å². The molecule has 1 rings (SSSR count). The molecule has 7 heteroatoms. The van der Waals surface area contributed by atoms with E-state index >= 15 is 0 Å². The molecule has 0 aromatic heterocycles. The van der Waals surface area contributed by atoms with Gasteiger partial charge in [-0.1, -0.05) is 18.2 Å². The van der Waals surface area contributed by atoms with E-state index in [2.05, 4.69) is 0 Å². The number of benzene rings is 1. The van der Waals surface area contributed by atoms with Gasteiger partial charge < -0.3 is 18.3 Å². The van der Waals surface area contributed by atoms with E-state index in [-0.39, 0.29) is 56.9 Å². The number of carbonyl (C=O) groups is 1. The summed E-state index contributed by atoms with van der Waals surface area (Å²) in [5.74, 6) is -0.704. The second kappa shape index (κ2) is 6.70. The molecule has 2 nitrogen and oxygen atoms in total. The van der Waals surface area contributed by atoms with Crippen molar-refractivity contribution in [2.24, 2.45) is 0 Å². The fraction of sp³-hybridized carbons (Fsp3) is 0.125. The van der Waals surface area contributed by atoms with E-state index in [1.165, 1.54) is 12.1 Å². The normalized spacial score (nSPS) is 10.3. The molecule has 0 aliphatic carbocycles. The van der Waals surface area contributed by atoms with Crippen molar-refractivity contribution in [3.05, 3.63) is 35.9 Å². The summed E-state index contributed by atoms with van der Waals surface area (Å²) in [6.45, 7) is -4.96. The minimum atomic E-state index is -4.96. The molecule has 0 heterocycles. The molecule has 0 saturated heterocycles. The fourth-order valence-corrected chi connectivity index (χ4v) is 0.900. The maximum Gasteiger partial charge on any atom is 1.00 e. The van der Waals surface area contributed by atoms with Crippen LogP contribution in [0.1, 0.15) is 10.4 Å². The Balaban J connectivity index is 0.00000196. The van der Waals surface area contributed by atoms with Gasteiger partial charge in [-0.05, 0) is 18.6 Å². The van der Waals surface area contributed by atoms with E-state index in [4.69, 9.17) is 0 Å². The third kappa shape index (κ3) is 6.37. The standard InChI is InChI=1S/C8H8BF3NO.K/c10-9(11,12)6-13-8(14)7-4-2-1-3-5-7;/h1-5H,6H2,(H,13,14);/q-1;+1. The maximum absolute atomic E-state index is 11.8. The maximum atomic E-state index is 11.8. The van der Waals surface area contributed by atoms with Crippen molar-refractivity contribution in [2.75, 3.05) is 6.44 Å². The molecule has 0 radical (unpaired) electrons. The Morgan fingerprint density at radius 3 is 2.20 bits per heavy atom. The topological polar surface area (TPSA) is 29.1 Å². The number of halogens is 3. The van der Waals surface area contributed by atoms with E-state index in [9.17, 15) is 17.7 Å². The van der Waals surface area contributed by atoms with Gasteiger partial charge in [0.15, 0.2) is 0 Å². The number of amides is 1. The van der Waals surface area contributed by atoms with Gasteiger partial charge in [-0.25, -0.2) is 0 Å². The third-order valence-corrected chi connectivity index (χ3v) is 1.53. The first kappa shape index (κ1) is 15.2. The summed E-state index contributed by atoms with van der Waals surface area (Å²) in [6, 6.07) is 7.78. The largest absolute Gasteiger partial charge is 1.00 e. The molecule has 0 unspecified atom stereocenters. The van der Waals surface area contributed by atoms with Crippen molar-refractivity contribution >= 4 is 12.9 Å². The molecular weight excluding hydrogens is 233 g/mol. The summed E-state index contributed by atoms with van der Waals surface area (Å²) in [5.41, 5.74) is 0.229. The quantitative estimate of drug-likeness (QED) is 0.662. The van der Waals surface area contributed by atoms with Crippen molar-refractivity contribution in [1.82, 2.24) is 5.32 Å². The molecule has 1 N–H and O–H groups in total. The summed E-state index contributed by atoms with van der Waals surface area (Å²) in [6.07, 6.45) is -1.24. The van der Waals surface area contributed by atoms with E-state index in [0.717, 1.165) is 0 Å². The molecule has 0 atom stereocenters. The summed E-state index contributed by atoms with van der Waals surface area (Å²) in [5, 5.41) is 1.80. The van der Waals surface area contributed by atoms with Crippen LogP contribution in [0.4, 0.5) is 12.9 Å². The Morgan fingerprint density at radius 2 is 1.73 bits per heavy atom. The van der Waals surface area contributed by atoms with Crippen LogP contribution in [0.2, 0.25) is 0 Å². The van der Waals surface area contributed by atoms with Gasteiger partial charge in [-0.2, -0.15) is 0 Å². The van der Waals surface area contributed by atoms with E-state index in [0.29, 0.717) is 0 Å². The molecular formula is C8H8BF3KNO. The van der Waals surface area contributed by atoms with Crippen LogP contribution in [0.3, 0.4) is 0 Å². The van der Waals surface area contributed by atoms with Gasteiger partial charge in [0.1, 0.15) is 0 Å². The van der Waals surface area contributed by atoms with Gasteiger partial charge in [0, 0.05) is 5.56 Å². The Labute approximate surface area is 128 Å². The van der Waals surface area contributed by atoms with Crippen LogP contribution in [0.15, 0.2) is 30.3 Å². The number of carbonyl (C=O) groups excluding carboxylic acids is 1. The first-order chi connectivity index (χ1) is 6.49. The van der Waals surface area contributed by atoms with Gasteiger partial charge >= 0.3 is 58.4 Å². The van der Waals surface area contributed by atoms with Crippen LogP contribution in [0.5, 0.6) is 0 Å². The van der Waals surface area contributed by atoms with Crippen molar-refractivity contribution in [1.29, 1.82) is 0 Å². The minimum Gasteiger partial charge on any atom is -0.448 e. The summed E-state index contributed by atoms with van der Waals surface area (Å²) < 4.78 is 35.3. The molecule has 1 aromatic carbocycles. The van der Waals surface area contributed by atoms with Crippen LogP contribution < -0.4 is 56.7 Å². The first-order valence-electron chi connectivity index (χ1n) is 4.03. The summed E-state index contributed by atoms with van der Waals surface area (Å²) in [7, 11) is 0. The summed E-state index contributed by atoms with van der Waals surface area (Å²) >= 11 is 0. The predicted octanol–water partition coefficient (Wildman–Crippen LogP) is -1.19. The van der Waals surface area contributed by atoms with Crippen LogP contribution in [0.25, 0.3) is 0 Å². The van der Waals surface area contributed by atoms with Crippen LogP contribution >= 0.6 is 0 Å². The summed E-state index contributed by atoms with van der Waals surface area (Å²) in [4.78, 5) is 11.1. The van der Waals surface area contributed by atoms with Crippen LogP contribution in [-0.4, -0.2) is 19.3 Å². The van der Waals surface area contributed by atoms with Crippen molar-refractivity contribution in [3.63, 3.8) is 0 Å². The van der Waals surface area contributed by atoms with Crippen molar-refractivity contribution in [3.8, 4) is 0 Å². The first-order valence-corrected chi connectivity index (χ1v) is 4.03. The second-order valence-corrected chi connectivity index (χ2v) is 2.79. The third-order valence-electron chi connectivity index (χ3n) is 1.53. The number of hydrogen-bond donors (Lipinski definition) is 1. The van der Waals surface area contributed by atoms with Gasteiger partial charge in [-0.15, -0.1) is 0 Å². The SMILES string of the molecule is O=C(NC[B-](F)(F)F)c1ccccc1.[K+]. The molecule has 1 amide bonds. The Bertz CT molecular complexity index is 317. The van der Waals surface area contributed by atoms with E-state index in [1.54, 1.807) is 23.5 Å². The molecule has 0 aliphatic heterocycles. The van der Waals surface area contributed by atoms with Gasteiger partial charge in [-0.3, -0.25) is 4.79 Å². The average Bonchev–Trinajstić information content (AvgIpc) is 2.14. The molecule has 76 valence electrons. The molecule has 0 fully saturated rings. The van der Waals surface area contributed by atoms with Crippen LogP contribution in [-0.2, 0) is 0 Å². The Morgan fingerprint density at radius 1 is 1.20 bits per heavy atom. The zero-order valence-electron chi connectivity index (χ0n) is 8.21. The Kier molecular flexibility index (Phi) is 6.78. The molecule has 15 heavy (non-hydrogen) atoms. The smallest absolute Gasteiger partial charge is 0.448 e. The molecule has 0 aliphatic rings. The minimum absolute atomic E-state index is 0. The Hall–Kier alpha value is 0.181. The van der Waals surface area contributed by atoms with Crippen LogP contribution in [0, 0.1) is 0 Å². The van der Waals surface area contributed by atoms with Crippen molar-refractivity contribution < 1.29 is 69.1 Å². The molecule has 0 spiro atoms. The van der Waals surface area contributed by atoms with Gasteiger partial charge in [0.05, 0.1) is 0 Å². The zero-order valence-corrected chi connectivity index (χ0v) is 11.3.